The Bertz CT molecular complexity index is 943. The van der Waals surface area contributed by atoms with E-state index in [1.807, 2.05) is 37.3 Å². The number of nitro groups is 1. The van der Waals surface area contributed by atoms with Crippen molar-refractivity contribution in [2.24, 2.45) is 5.73 Å². The van der Waals surface area contributed by atoms with Crippen LogP contribution in [0.2, 0.25) is 0 Å². The highest BCUT2D eigenvalue weighted by atomic mass is 16.6. The topological polar surface area (TPSA) is 136 Å². The number of hydrogen-bond acceptors (Lipinski definition) is 6. The Morgan fingerprint density at radius 2 is 1.93 bits per heavy atom. The first kappa shape index (κ1) is 22.8. The molecule has 0 radical (unpaired) electrons. The maximum absolute atomic E-state index is 12.4. The summed E-state index contributed by atoms with van der Waals surface area (Å²) in [5.74, 6) is -2.09. The van der Waals surface area contributed by atoms with Gasteiger partial charge in [-0.3, -0.25) is 14.9 Å². The minimum Gasteiger partial charge on any atom is -0.480 e. The zero-order valence-corrected chi connectivity index (χ0v) is 16.7. The van der Waals surface area contributed by atoms with E-state index in [0.29, 0.717) is 12.1 Å². The molecule has 0 aromatic heterocycles. The zero-order valence-electron chi connectivity index (χ0n) is 16.7. The highest BCUT2D eigenvalue weighted by molar-refractivity contribution is 6.12. The predicted octanol–water partition coefficient (Wildman–Crippen LogP) is 3.25. The van der Waals surface area contributed by atoms with Crippen molar-refractivity contribution in [1.29, 1.82) is 0 Å². The Morgan fingerprint density at radius 1 is 1.23 bits per heavy atom. The summed E-state index contributed by atoms with van der Waals surface area (Å²) in [6, 6.07) is 14.1. The average Bonchev–Trinajstić information content (AvgIpc) is 2.71. The van der Waals surface area contributed by atoms with Crippen LogP contribution in [0.25, 0.3) is 0 Å². The van der Waals surface area contributed by atoms with Gasteiger partial charge in [0.25, 0.3) is 5.69 Å². The number of allylic oxidation sites excluding steroid dienone is 1. The first-order valence-corrected chi connectivity index (χ1v) is 9.50. The Kier molecular flexibility index (Phi) is 7.83. The van der Waals surface area contributed by atoms with Gasteiger partial charge in [0.15, 0.2) is 11.3 Å². The number of aliphatic carboxylic acids is 1. The molecule has 0 saturated carbocycles. The molecule has 8 heteroatoms. The van der Waals surface area contributed by atoms with Crippen LogP contribution in [0.3, 0.4) is 0 Å². The molecule has 2 aromatic carbocycles. The summed E-state index contributed by atoms with van der Waals surface area (Å²) >= 11 is 0. The van der Waals surface area contributed by atoms with Gasteiger partial charge in [-0.2, -0.15) is 0 Å². The second-order valence-electron chi connectivity index (χ2n) is 7.04. The van der Waals surface area contributed by atoms with Crippen molar-refractivity contribution in [3.63, 3.8) is 0 Å². The van der Waals surface area contributed by atoms with Gasteiger partial charge in [-0.15, -0.1) is 0 Å². The number of carboxylic acid groups (broad SMARTS) is 1. The van der Waals surface area contributed by atoms with Crippen molar-refractivity contribution >= 4 is 23.1 Å². The normalized spacial score (nSPS) is 13.0. The van der Waals surface area contributed by atoms with Gasteiger partial charge >= 0.3 is 5.97 Å². The number of aryl methyl sites for hydroxylation is 1. The number of rotatable bonds is 11. The lowest BCUT2D eigenvalue weighted by atomic mass is 9.89. The zero-order chi connectivity index (χ0) is 22.1. The number of carbonyl (C=O) groups excluding carboxylic acids is 1. The van der Waals surface area contributed by atoms with Gasteiger partial charge < -0.3 is 16.2 Å². The summed E-state index contributed by atoms with van der Waals surface area (Å²) in [5.41, 5.74) is 5.97. The molecule has 8 nitrogen and oxygen atoms in total. The Labute approximate surface area is 174 Å². The van der Waals surface area contributed by atoms with Crippen LogP contribution in [0, 0.1) is 17.0 Å². The third kappa shape index (κ3) is 5.99. The molecular formula is C22H25N3O5. The summed E-state index contributed by atoms with van der Waals surface area (Å²) < 4.78 is 0. The lowest BCUT2D eigenvalue weighted by Crippen LogP contribution is -2.54. The maximum Gasteiger partial charge on any atom is 0.331 e. The highest BCUT2D eigenvalue weighted by Crippen LogP contribution is 2.25. The van der Waals surface area contributed by atoms with Crippen molar-refractivity contribution in [3.8, 4) is 0 Å². The third-order valence-corrected chi connectivity index (χ3v) is 4.70. The molecular weight excluding hydrogens is 386 g/mol. The van der Waals surface area contributed by atoms with Gasteiger partial charge in [-0.05, 0) is 49.5 Å². The molecule has 0 aliphatic heterocycles. The summed E-state index contributed by atoms with van der Waals surface area (Å²) in [4.78, 5) is 34.7. The van der Waals surface area contributed by atoms with E-state index < -0.39 is 22.2 Å². The van der Waals surface area contributed by atoms with Crippen LogP contribution in [-0.2, 0) is 16.0 Å². The Hall–Kier alpha value is -3.52. The number of benzene rings is 2. The Balaban J connectivity index is 1.96. The number of anilines is 1. The lowest BCUT2D eigenvalue weighted by molar-refractivity contribution is -0.384. The van der Waals surface area contributed by atoms with Crippen LogP contribution < -0.4 is 11.1 Å². The van der Waals surface area contributed by atoms with Crippen molar-refractivity contribution in [1.82, 2.24) is 0 Å². The fraction of sp³-hybridized carbons (Fsp3) is 0.273. The minimum absolute atomic E-state index is 0.0715. The Morgan fingerprint density at radius 3 is 2.57 bits per heavy atom. The fourth-order valence-electron chi connectivity index (χ4n) is 2.94. The second kappa shape index (κ2) is 10.3. The molecule has 0 saturated heterocycles. The van der Waals surface area contributed by atoms with E-state index in [-0.39, 0.29) is 25.1 Å². The largest absolute Gasteiger partial charge is 0.480 e. The van der Waals surface area contributed by atoms with Gasteiger partial charge in [-0.1, -0.05) is 42.5 Å². The van der Waals surface area contributed by atoms with E-state index in [0.717, 1.165) is 11.1 Å². The van der Waals surface area contributed by atoms with Crippen LogP contribution in [0.1, 0.15) is 24.0 Å². The fourth-order valence-corrected chi connectivity index (χ4v) is 2.94. The third-order valence-electron chi connectivity index (χ3n) is 4.70. The van der Waals surface area contributed by atoms with E-state index in [9.17, 15) is 24.8 Å². The first-order chi connectivity index (χ1) is 14.2. The molecule has 0 unspecified atom stereocenters. The quantitative estimate of drug-likeness (QED) is 0.170. The van der Waals surface area contributed by atoms with E-state index in [1.165, 1.54) is 12.1 Å². The number of nitro benzene ring substituents is 1. The van der Waals surface area contributed by atoms with Gasteiger partial charge in [0, 0.05) is 12.6 Å². The molecule has 0 fully saturated rings. The first-order valence-electron chi connectivity index (χ1n) is 9.50. The molecule has 4 N–H and O–H groups in total. The molecule has 0 bridgehead atoms. The molecule has 0 amide bonds. The van der Waals surface area contributed by atoms with Gasteiger partial charge in [0.1, 0.15) is 5.69 Å². The van der Waals surface area contributed by atoms with Crippen molar-refractivity contribution in [3.05, 3.63) is 81.9 Å². The van der Waals surface area contributed by atoms with Crippen LogP contribution >= 0.6 is 0 Å². The molecule has 1 atom stereocenters. The predicted molar refractivity (Wildman–Crippen MR) is 114 cm³/mol. The van der Waals surface area contributed by atoms with Crippen LogP contribution in [0.4, 0.5) is 11.4 Å². The van der Waals surface area contributed by atoms with E-state index in [1.54, 1.807) is 18.2 Å². The van der Waals surface area contributed by atoms with Gasteiger partial charge in [-0.25, -0.2) is 4.79 Å². The number of nitrogens with one attached hydrogen (secondary N) is 1. The number of nitrogens with zero attached hydrogens (tertiary/aromatic N) is 1. The molecule has 0 aliphatic rings. The number of hydrogen-bond donors (Lipinski definition) is 3. The van der Waals surface area contributed by atoms with Crippen molar-refractivity contribution in [2.45, 2.75) is 31.7 Å². The van der Waals surface area contributed by atoms with Gasteiger partial charge in [0.2, 0.25) is 0 Å². The number of carbonyl (C=O) groups is 2. The minimum atomic E-state index is -2.05. The second-order valence-corrected chi connectivity index (χ2v) is 7.04. The van der Waals surface area contributed by atoms with Crippen LogP contribution in [0.5, 0.6) is 0 Å². The molecule has 0 aliphatic carbocycles. The van der Waals surface area contributed by atoms with Crippen LogP contribution in [-0.4, -0.2) is 33.9 Å². The molecule has 0 heterocycles. The van der Waals surface area contributed by atoms with Crippen molar-refractivity contribution in [2.75, 3.05) is 11.9 Å². The monoisotopic (exact) mass is 411 g/mol. The maximum atomic E-state index is 12.4. The summed E-state index contributed by atoms with van der Waals surface area (Å²) in [6.45, 7) is 2.04. The SMILES string of the molecule is Cc1ccc([N+](=O)[O-])c(NCCC[C@@](N)(C(=O)O)C(=O)C=CCc2ccccc2)c1. The average molecular weight is 411 g/mol. The number of ketones is 1. The number of carboxylic acids is 1. The van der Waals surface area contributed by atoms with Crippen molar-refractivity contribution < 1.29 is 19.6 Å². The van der Waals surface area contributed by atoms with Crippen LogP contribution in [0.15, 0.2) is 60.7 Å². The highest BCUT2D eigenvalue weighted by Gasteiger charge is 2.39. The smallest absolute Gasteiger partial charge is 0.331 e. The van der Waals surface area contributed by atoms with E-state index in [2.05, 4.69) is 5.32 Å². The van der Waals surface area contributed by atoms with Gasteiger partial charge in [0.05, 0.1) is 4.92 Å². The molecule has 0 spiro atoms. The molecule has 2 rings (SSSR count). The standard InChI is InChI=1S/C22H25N3O5/c1-16-11-12-19(25(29)30)18(15-16)24-14-6-13-22(23,21(27)28)20(26)10-5-9-17-7-3-2-4-8-17/h2-5,7-8,10-12,15,24H,6,9,13-14,23H2,1H3,(H,27,28)/t22-/m0/s1. The lowest BCUT2D eigenvalue weighted by Gasteiger charge is -2.21. The van der Waals surface area contributed by atoms with E-state index in [4.69, 9.17) is 5.73 Å². The van der Waals surface area contributed by atoms with E-state index >= 15 is 0 Å². The summed E-state index contributed by atoms with van der Waals surface area (Å²) in [6.07, 6.45) is 3.42. The molecule has 158 valence electrons. The summed E-state index contributed by atoms with van der Waals surface area (Å²) in [5, 5.41) is 23.6. The molecule has 2 aromatic rings. The number of nitrogens with two attached hydrogens (primary N) is 1. The molecule has 30 heavy (non-hydrogen) atoms. The summed E-state index contributed by atoms with van der Waals surface area (Å²) in [7, 11) is 0.